The highest BCUT2D eigenvalue weighted by atomic mass is 16.5. The molecule has 1 saturated carbocycles. The van der Waals surface area contributed by atoms with E-state index in [1.165, 1.54) is 0 Å². The molecule has 0 radical (unpaired) electrons. The lowest BCUT2D eigenvalue weighted by Gasteiger charge is -2.12. The number of anilines is 1. The van der Waals surface area contributed by atoms with E-state index in [2.05, 4.69) is 15.4 Å². The second kappa shape index (κ2) is 5.09. The zero-order valence-electron chi connectivity index (χ0n) is 11.7. The van der Waals surface area contributed by atoms with Crippen LogP contribution in [0.2, 0.25) is 0 Å². The minimum Gasteiger partial charge on any atom is -0.439 e. The van der Waals surface area contributed by atoms with Crippen LogP contribution in [0.15, 0.2) is 24.3 Å². The van der Waals surface area contributed by atoms with Gasteiger partial charge in [0.05, 0.1) is 5.56 Å². The second-order valence-corrected chi connectivity index (χ2v) is 5.20. The maximum absolute atomic E-state index is 5.90. The van der Waals surface area contributed by atoms with Crippen LogP contribution in [-0.2, 0) is 0 Å². The molecule has 0 atom stereocenters. The summed E-state index contributed by atoms with van der Waals surface area (Å²) in [4.78, 5) is 8.98. The Bertz CT molecular complexity index is 638. The van der Waals surface area contributed by atoms with Gasteiger partial charge in [-0.05, 0) is 44.4 Å². The smallest absolute Gasteiger partial charge is 0.227 e. The third-order valence-electron chi connectivity index (χ3n) is 3.40. The van der Waals surface area contributed by atoms with Crippen LogP contribution in [0.3, 0.4) is 0 Å². The largest absolute Gasteiger partial charge is 0.439 e. The lowest BCUT2D eigenvalue weighted by atomic mass is 10.2. The maximum atomic E-state index is 5.90. The highest BCUT2D eigenvalue weighted by Crippen LogP contribution is 2.40. The minimum absolute atomic E-state index is 0.447. The van der Waals surface area contributed by atoms with E-state index >= 15 is 0 Å². The van der Waals surface area contributed by atoms with Gasteiger partial charge < -0.3 is 10.2 Å². The predicted molar refractivity (Wildman–Crippen MR) is 77.8 cm³/mol. The van der Waals surface area contributed by atoms with E-state index in [1.807, 2.05) is 38.1 Å². The average molecular weight is 270 g/mol. The number of hydrazine groups is 1. The van der Waals surface area contributed by atoms with E-state index in [0.717, 1.165) is 35.5 Å². The number of hydrogen-bond acceptors (Lipinski definition) is 5. The monoisotopic (exact) mass is 270 g/mol. The Morgan fingerprint density at radius 1 is 1.25 bits per heavy atom. The molecule has 2 aromatic rings. The Morgan fingerprint density at radius 3 is 2.70 bits per heavy atom. The first-order chi connectivity index (χ1) is 9.67. The summed E-state index contributed by atoms with van der Waals surface area (Å²) in [5.74, 6) is 8.76. The number of hydrogen-bond donors (Lipinski definition) is 2. The Hall–Kier alpha value is -2.14. The fourth-order valence-electron chi connectivity index (χ4n) is 2.07. The van der Waals surface area contributed by atoms with Crippen molar-refractivity contribution >= 4 is 5.82 Å². The Morgan fingerprint density at radius 2 is 2.05 bits per heavy atom. The number of aromatic nitrogens is 2. The first kappa shape index (κ1) is 12.9. The molecule has 3 N–H and O–H groups in total. The van der Waals surface area contributed by atoms with Crippen molar-refractivity contribution in [3.05, 3.63) is 41.2 Å². The van der Waals surface area contributed by atoms with Crippen LogP contribution in [0.4, 0.5) is 5.82 Å². The van der Waals surface area contributed by atoms with Crippen molar-refractivity contribution in [2.75, 3.05) is 5.43 Å². The third-order valence-corrected chi connectivity index (χ3v) is 3.40. The van der Waals surface area contributed by atoms with Gasteiger partial charge in [0.1, 0.15) is 11.6 Å². The maximum Gasteiger partial charge on any atom is 0.227 e. The van der Waals surface area contributed by atoms with Crippen molar-refractivity contribution in [2.45, 2.75) is 32.6 Å². The number of nitrogens with one attached hydrogen (secondary N) is 1. The molecular weight excluding hydrogens is 252 g/mol. The van der Waals surface area contributed by atoms with Crippen molar-refractivity contribution in [1.29, 1.82) is 0 Å². The molecule has 0 spiro atoms. The molecule has 0 aliphatic heterocycles. The van der Waals surface area contributed by atoms with Crippen LogP contribution >= 0.6 is 0 Å². The highest BCUT2D eigenvalue weighted by molar-refractivity contribution is 5.49. The molecule has 1 aliphatic carbocycles. The topological polar surface area (TPSA) is 73.1 Å². The lowest BCUT2D eigenvalue weighted by Crippen LogP contribution is -2.13. The molecule has 1 heterocycles. The molecule has 104 valence electrons. The van der Waals surface area contributed by atoms with Gasteiger partial charge in [-0.1, -0.05) is 12.1 Å². The summed E-state index contributed by atoms with van der Waals surface area (Å²) in [5.41, 5.74) is 4.59. The Labute approximate surface area is 118 Å². The quantitative estimate of drug-likeness (QED) is 0.660. The normalized spacial score (nSPS) is 14.2. The standard InChI is InChI=1S/C15H18N4O/c1-9-4-3-5-12(8-9)20-15-10(2)13(19-16)17-14(18-15)11-6-7-11/h3-5,8,11H,6-7,16H2,1-2H3,(H,17,18,19). The van der Waals surface area contributed by atoms with Crippen LogP contribution < -0.4 is 16.0 Å². The molecule has 1 aromatic carbocycles. The van der Waals surface area contributed by atoms with Gasteiger partial charge in [0.25, 0.3) is 0 Å². The zero-order chi connectivity index (χ0) is 14.1. The van der Waals surface area contributed by atoms with Crippen molar-refractivity contribution in [2.24, 2.45) is 5.84 Å². The summed E-state index contributed by atoms with van der Waals surface area (Å²) in [7, 11) is 0. The third kappa shape index (κ3) is 2.58. The zero-order valence-corrected chi connectivity index (χ0v) is 11.7. The van der Waals surface area contributed by atoms with Gasteiger partial charge in [0.2, 0.25) is 5.88 Å². The van der Waals surface area contributed by atoms with E-state index < -0.39 is 0 Å². The lowest BCUT2D eigenvalue weighted by molar-refractivity contribution is 0.454. The van der Waals surface area contributed by atoms with Gasteiger partial charge in [0, 0.05) is 5.92 Å². The number of ether oxygens (including phenoxy) is 1. The molecule has 0 unspecified atom stereocenters. The summed E-state index contributed by atoms with van der Waals surface area (Å²) in [6, 6.07) is 7.89. The summed E-state index contributed by atoms with van der Waals surface area (Å²) in [6.45, 7) is 3.93. The average Bonchev–Trinajstić information content (AvgIpc) is 3.25. The van der Waals surface area contributed by atoms with Crippen LogP contribution in [0.1, 0.15) is 35.7 Å². The summed E-state index contributed by atoms with van der Waals surface area (Å²) in [6.07, 6.45) is 2.27. The van der Waals surface area contributed by atoms with Gasteiger partial charge in [-0.25, -0.2) is 10.8 Å². The number of nitrogens with zero attached hydrogens (tertiary/aromatic N) is 2. The predicted octanol–water partition coefficient (Wildman–Crippen LogP) is 3.05. The molecule has 1 fully saturated rings. The molecule has 1 aliphatic rings. The number of rotatable bonds is 4. The molecule has 0 amide bonds. The van der Waals surface area contributed by atoms with Crippen LogP contribution in [0.5, 0.6) is 11.6 Å². The fraction of sp³-hybridized carbons (Fsp3) is 0.333. The number of nitrogen functional groups attached to an aromatic ring is 1. The summed E-state index contributed by atoms with van der Waals surface area (Å²) in [5, 5.41) is 0. The molecule has 5 heteroatoms. The Kier molecular flexibility index (Phi) is 3.28. The van der Waals surface area contributed by atoms with E-state index in [1.54, 1.807) is 0 Å². The first-order valence-electron chi connectivity index (χ1n) is 6.77. The minimum atomic E-state index is 0.447. The van der Waals surface area contributed by atoms with Gasteiger partial charge in [-0.2, -0.15) is 4.98 Å². The van der Waals surface area contributed by atoms with Crippen LogP contribution in [0.25, 0.3) is 0 Å². The molecule has 3 rings (SSSR count). The summed E-state index contributed by atoms with van der Waals surface area (Å²) < 4.78 is 5.90. The van der Waals surface area contributed by atoms with Crippen molar-refractivity contribution in [3.8, 4) is 11.6 Å². The highest BCUT2D eigenvalue weighted by Gasteiger charge is 2.28. The van der Waals surface area contributed by atoms with Crippen molar-refractivity contribution in [3.63, 3.8) is 0 Å². The molecule has 0 saturated heterocycles. The second-order valence-electron chi connectivity index (χ2n) is 5.20. The Balaban J connectivity index is 1.97. The summed E-state index contributed by atoms with van der Waals surface area (Å²) >= 11 is 0. The van der Waals surface area contributed by atoms with Gasteiger partial charge in [-0.15, -0.1) is 0 Å². The van der Waals surface area contributed by atoms with Gasteiger partial charge >= 0.3 is 0 Å². The molecule has 20 heavy (non-hydrogen) atoms. The van der Waals surface area contributed by atoms with E-state index in [0.29, 0.717) is 17.6 Å². The molecule has 5 nitrogen and oxygen atoms in total. The first-order valence-corrected chi connectivity index (χ1v) is 6.77. The van der Waals surface area contributed by atoms with Gasteiger partial charge in [0.15, 0.2) is 5.82 Å². The number of benzene rings is 1. The van der Waals surface area contributed by atoms with E-state index in [-0.39, 0.29) is 0 Å². The number of nitrogens with two attached hydrogens (primary N) is 1. The molecule has 0 bridgehead atoms. The molecular formula is C15H18N4O. The van der Waals surface area contributed by atoms with Gasteiger partial charge in [-0.3, -0.25) is 0 Å². The van der Waals surface area contributed by atoms with E-state index in [4.69, 9.17) is 10.6 Å². The van der Waals surface area contributed by atoms with Crippen LogP contribution in [-0.4, -0.2) is 9.97 Å². The van der Waals surface area contributed by atoms with Crippen LogP contribution in [0, 0.1) is 13.8 Å². The SMILES string of the molecule is Cc1cccc(Oc2nc(C3CC3)nc(NN)c2C)c1. The fourth-order valence-corrected chi connectivity index (χ4v) is 2.07. The van der Waals surface area contributed by atoms with E-state index in [9.17, 15) is 0 Å². The van der Waals surface area contributed by atoms with Crippen molar-refractivity contribution < 1.29 is 4.74 Å². The van der Waals surface area contributed by atoms with Crippen molar-refractivity contribution in [1.82, 2.24) is 9.97 Å². The number of aryl methyl sites for hydroxylation is 1. The molecule has 1 aromatic heterocycles.